The zero-order valence-corrected chi connectivity index (χ0v) is 12.5. The van der Waals surface area contributed by atoms with E-state index in [0.717, 1.165) is 28.3 Å². The number of hydrazone groups is 1. The molecular weight excluding hydrogens is 309 g/mol. The summed E-state index contributed by atoms with van der Waals surface area (Å²) in [4.78, 5) is 0. The van der Waals surface area contributed by atoms with Crippen LogP contribution in [0.15, 0.2) is 53.6 Å². The Balaban J connectivity index is 1.73. The van der Waals surface area contributed by atoms with Crippen molar-refractivity contribution < 1.29 is 13.2 Å². The highest BCUT2D eigenvalue weighted by Gasteiger charge is 2.30. The third-order valence-corrected chi connectivity index (χ3v) is 4.52. The Labute approximate surface area is 130 Å². The molecule has 22 heavy (non-hydrogen) atoms. The molecule has 1 aliphatic rings. The van der Waals surface area contributed by atoms with Crippen molar-refractivity contribution in [3.63, 3.8) is 0 Å². The fourth-order valence-electron chi connectivity index (χ4n) is 2.10. The lowest BCUT2D eigenvalue weighted by Crippen LogP contribution is -2.08. The average molecular weight is 322 g/mol. The van der Waals surface area contributed by atoms with E-state index in [9.17, 15) is 13.2 Å². The van der Waals surface area contributed by atoms with Crippen LogP contribution in [0.3, 0.4) is 0 Å². The van der Waals surface area contributed by atoms with Gasteiger partial charge in [0.05, 0.1) is 5.56 Å². The SMILES string of the molecule is Cc1ccc(C2=NN[C@@H](c3ccc(C(F)(F)F)cc3)S2)cc1. The van der Waals surface area contributed by atoms with E-state index in [1.54, 1.807) is 0 Å². The minimum atomic E-state index is -4.31. The number of hydrogen-bond donors (Lipinski definition) is 1. The van der Waals surface area contributed by atoms with E-state index in [-0.39, 0.29) is 5.37 Å². The maximum Gasteiger partial charge on any atom is 0.416 e. The number of aryl methyl sites for hydroxylation is 1. The van der Waals surface area contributed by atoms with Crippen molar-refractivity contribution in [1.82, 2.24) is 5.43 Å². The van der Waals surface area contributed by atoms with Crippen molar-refractivity contribution in [3.8, 4) is 0 Å². The summed E-state index contributed by atoms with van der Waals surface area (Å²) in [6.45, 7) is 2.01. The second-order valence-electron chi connectivity index (χ2n) is 5.03. The molecule has 0 saturated carbocycles. The van der Waals surface area contributed by atoms with Crippen LogP contribution in [0.1, 0.15) is 27.6 Å². The first-order valence-electron chi connectivity index (χ1n) is 6.67. The van der Waals surface area contributed by atoms with Crippen molar-refractivity contribution in [2.75, 3.05) is 0 Å². The molecule has 2 aromatic carbocycles. The van der Waals surface area contributed by atoms with Crippen LogP contribution < -0.4 is 5.43 Å². The highest BCUT2D eigenvalue weighted by Crippen LogP contribution is 2.36. The summed E-state index contributed by atoms with van der Waals surface area (Å²) in [6, 6.07) is 13.1. The van der Waals surface area contributed by atoms with Crippen molar-refractivity contribution >= 4 is 16.8 Å². The molecule has 0 fully saturated rings. The van der Waals surface area contributed by atoms with Gasteiger partial charge in [0, 0.05) is 5.56 Å². The standard InChI is InChI=1S/C16H13F3N2S/c1-10-2-4-11(5-3-10)14-20-21-15(22-14)12-6-8-13(9-7-12)16(17,18)19/h2-9,15,21H,1H3/t15-/m1/s1. The quantitative estimate of drug-likeness (QED) is 0.866. The van der Waals surface area contributed by atoms with Crippen molar-refractivity contribution in [1.29, 1.82) is 0 Å². The van der Waals surface area contributed by atoms with Crippen LogP contribution in [0.4, 0.5) is 13.2 Å². The monoisotopic (exact) mass is 322 g/mol. The van der Waals surface area contributed by atoms with Crippen LogP contribution in [0.2, 0.25) is 0 Å². The maximum atomic E-state index is 12.6. The molecular formula is C16H13F3N2S. The normalized spacial score (nSPS) is 18.0. The Bertz CT molecular complexity index is 691. The largest absolute Gasteiger partial charge is 0.416 e. The summed E-state index contributed by atoms with van der Waals surface area (Å²) >= 11 is 1.49. The Morgan fingerprint density at radius 2 is 1.64 bits per heavy atom. The summed E-state index contributed by atoms with van der Waals surface area (Å²) in [6.07, 6.45) is -4.31. The van der Waals surface area contributed by atoms with Crippen LogP contribution in [0.25, 0.3) is 0 Å². The summed E-state index contributed by atoms with van der Waals surface area (Å²) < 4.78 is 37.7. The fraction of sp³-hybridized carbons (Fsp3) is 0.188. The van der Waals surface area contributed by atoms with Gasteiger partial charge in [-0.2, -0.15) is 18.3 Å². The predicted octanol–water partition coefficient (Wildman–Crippen LogP) is 4.71. The zero-order valence-electron chi connectivity index (χ0n) is 11.7. The molecule has 6 heteroatoms. The average Bonchev–Trinajstić information content (AvgIpc) is 2.97. The van der Waals surface area contributed by atoms with E-state index >= 15 is 0 Å². The Morgan fingerprint density at radius 1 is 1.00 bits per heavy atom. The van der Waals surface area contributed by atoms with Gasteiger partial charge in [0.15, 0.2) is 0 Å². The van der Waals surface area contributed by atoms with Gasteiger partial charge in [0.1, 0.15) is 10.4 Å². The number of hydrogen-bond acceptors (Lipinski definition) is 3. The Kier molecular flexibility index (Phi) is 3.87. The fourth-order valence-corrected chi connectivity index (χ4v) is 3.10. The highest BCUT2D eigenvalue weighted by molar-refractivity contribution is 8.14. The van der Waals surface area contributed by atoms with Gasteiger partial charge in [0.25, 0.3) is 0 Å². The molecule has 1 heterocycles. The molecule has 0 spiro atoms. The lowest BCUT2D eigenvalue weighted by atomic mass is 10.1. The molecule has 1 atom stereocenters. The van der Waals surface area contributed by atoms with Crippen LogP contribution in [0.5, 0.6) is 0 Å². The Morgan fingerprint density at radius 3 is 2.23 bits per heavy atom. The summed E-state index contributed by atoms with van der Waals surface area (Å²) in [5, 5.41) is 4.94. The lowest BCUT2D eigenvalue weighted by Gasteiger charge is -2.11. The number of thioether (sulfide) groups is 1. The first kappa shape index (κ1) is 15.0. The minimum absolute atomic E-state index is 0.168. The molecule has 2 nitrogen and oxygen atoms in total. The number of nitrogens with zero attached hydrogens (tertiary/aromatic N) is 1. The second-order valence-corrected chi connectivity index (χ2v) is 6.12. The summed E-state index contributed by atoms with van der Waals surface area (Å²) in [5.41, 5.74) is 5.26. The lowest BCUT2D eigenvalue weighted by molar-refractivity contribution is -0.137. The second kappa shape index (κ2) is 5.68. The van der Waals surface area contributed by atoms with Crippen molar-refractivity contribution in [3.05, 3.63) is 70.8 Å². The zero-order chi connectivity index (χ0) is 15.7. The van der Waals surface area contributed by atoms with Gasteiger partial charge in [-0.15, -0.1) is 0 Å². The molecule has 114 valence electrons. The highest BCUT2D eigenvalue weighted by atomic mass is 32.2. The topological polar surface area (TPSA) is 24.4 Å². The van der Waals surface area contributed by atoms with Gasteiger partial charge in [-0.3, -0.25) is 5.43 Å². The van der Waals surface area contributed by atoms with Crippen LogP contribution in [-0.4, -0.2) is 5.04 Å². The number of nitrogens with one attached hydrogen (secondary N) is 1. The third kappa shape index (κ3) is 3.11. The third-order valence-electron chi connectivity index (χ3n) is 3.35. The number of rotatable bonds is 2. The molecule has 0 saturated heterocycles. The molecule has 0 unspecified atom stereocenters. The predicted molar refractivity (Wildman–Crippen MR) is 82.6 cm³/mol. The van der Waals surface area contributed by atoms with Gasteiger partial charge < -0.3 is 0 Å². The molecule has 0 amide bonds. The minimum Gasteiger partial charge on any atom is -0.291 e. The van der Waals surface area contributed by atoms with E-state index in [0.29, 0.717) is 0 Å². The van der Waals surface area contributed by atoms with Crippen LogP contribution in [-0.2, 0) is 6.18 Å². The smallest absolute Gasteiger partial charge is 0.291 e. The van der Waals surface area contributed by atoms with E-state index in [1.165, 1.54) is 29.5 Å². The van der Waals surface area contributed by atoms with E-state index < -0.39 is 11.7 Å². The molecule has 1 aliphatic heterocycles. The Hall–Kier alpha value is -1.95. The van der Waals surface area contributed by atoms with Gasteiger partial charge in [-0.1, -0.05) is 53.7 Å². The van der Waals surface area contributed by atoms with Gasteiger partial charge >= 0.3 is 6.18 Å². The van der Waals surface area contributed by atoms with E-state index in [2.05, 4.69) is 10.5 Å². The van der Waals surface area contributed by atoms with Crippen molar-refractivity contribution in [2.24, 2.45) is 5.10 Å². The maximum absolute atomic E-state index is 12.6. The van der Waals surface area contributed by atoms with Crippen molar-refractivity contribution in [2.45, 2.75) is 18.5 Å². The molecule has 0 bridgehead atoms. The molecule has 0 aromatic heterocycles. The number of alkyl halides is 3. The van der Waals surface area contributed by atoms with E-state index in [4.69, 9.17) is 0 Å². The van der Waals surface area contributed by atoms with Gasteiger partial charge in [-0.05, 0) is 24.6 Å². The van der Waals surface area contributed by atoms with E-state index in [1.807, 2.05) is 31.2 Å². The number of benzene rings is 2. The molecule has 3 rings (SSSR count). The first-order valence-corrected chi connectivity index (χ1v) is 7.55. The van der Waals surface area contributed by atoms with Gasteiger partial charge in [0.2, 0.25) is 0 Å². The number of halogens is 3. The summed E-state index contributed by atoms with van der Waals surface area (Å²) in [5.74, 6) is 0. The molecule has 0 aliphatic carbocycles. The van der Waals surface area contributed by atoms with Crippen LogP contribution in [0, 0.1) is 6.92 Å². The van der Waals surface area contributed by atoms with Crippen LogP contribution >= 0.6 is 11.8 Å². The molecule has 2 aromatic rings. The molecule has 1 N–H and O–H groups in total. The summed E-state index contributed by atoms with van der Waals surface area (Å²) in [7, 11) is 0. The first-order chi connectivity index (χ1) is 10.4. The van der Waals surface area contributed by atoms with Gasteiger partial charge in [-0.25, -0.2) is 0 Å². The molecule has 0 radical (unpaired) electrons.